The van der Waals surface area contributed by atoms with Crippen molar-refractivity contribution in [2.45, 2.75) is 108 Å². The molecule has 594 valence electrons. The number of aliphatic hydroxyl groups is 2. The zero-order valence-corrected chi connectivity index (χ0v) is 66.8. The summed E-state index contributed by atoms with van der Waals surface area (Å²) in [4.78, 5) is 57.5. The molecule has 13 rings (SSSR count). The fraction of sp³-hybridized carbons (Fsp3) is 0.289. The van der Waals surface area contributed by atoms with Crippen molar-refractivity contribution in [3.8, 4) is 11.5 Å². The van der Waals surface area contributed by atoms with Gasteiger partial charge in [-0.15, -0.1) is 23.5 Å². The molecule has 3 aliphatic rings. The van der Waals surface area contributed by atoms with Gasteiger partial charge in [0.25, 0.3) is 11.4 Å². The number of carbonyl (C=O) groups is 2. The molecule has 3 aliphatic heterocycles. The van der Waals surface area contributed by atoms with Crippen molar-refractivity contribution in [2.75, 3.05) is 53.5 Å². The van der Waals surface area contributed by atoms with Gasteiger partial charge < -0.3 is 60.1 Å². The van der Waals surface area contributed by atoms with Gasteiger partial charge in [-0.25, -0.2) is 9.59 Å². The number of ether oxygens (including phenoxy) is 5. The quantitative estimate of drug-likeness (QED) is 0.0150. The molecule has 10 aromatic rings. The number of rotatable bonds is 26. The maximum absolute atomic E-state index is 11.3. The van der Waals surface area contributed by atoms with Crippen LogP contribution in [0.5, 0.6) is 11.5 Å². The van der Waals surface area contributed by atoms with E-state index in [1.807, 2.05) is 146 Å². The van der Waals surface area contributed by atoms with Crippen molar-refractivity contribution in [2.24, 2.45) is 0 Å². The molecule has 113 heavy (non-hydrogen) atoms. The summed E-state index contributed by atoms with van der Waals surface area (Å²) in [7, 11) is 2.98. The van der Waals surface area contributed by atoms with E-state index in [9.17, 15) is 50.2 Å². The third-order valence-corrected chi connectivity index (χ3v) is 21.9. The second-order valence-corrected chi connectivity index (χ2v) is 30.3. The molecular formula is C83H85Cl5N8O15S2. The van der Waals surface area contributed by atoms with Gasteiger partial charge in [0.1, 0.15) is 29.8 Å². The summed E-state index contributed by atoms with van der Waals surface area (Å²) >= 11 is 31.5. The molecule has 0 bridgehead atoms. The van der Waals surface area contributed by atoms with E-state index in [4.69, 9.17) is 81.7 Å². The molecule has 7 atom stereocenters. The molecule has 0 saturated carbocycles. The highest BCUT2D eigenvalue weighted by atomic mass is 35.5. The number of carboxylic acid groups (broad SMARTS) is 2. The van der Waals surface area contributed by atoms with Crippen molar-refractivity contribution in [3.63, 3.8) is 0 Å². The zero-order valence-electron chi connectivity index (χ0n) is 61.4. The molecule has 23 nitrogen and oxygen atoms in total. The second-order valence-electron chi connectivity index (χ2n) is 25.7. The number of hydrogen-bond donors (Lipinski definition) is 7. The van der Waals surface area contributed by atoms with Crippen LogP contribution in [-0.2, 0) is 23.8 Å². The van der Waals surface area contributed by atoms with Gasteiger partial charge in [-0.1, -0.05) is 137 Å². The third kappa shape index (κ3) is 27.7. The van der Waals surface area contributed by atoms with Crippen LogP contribution in [0.2, 0.25) is 25.1 Å². The lowest BCUT2D eigenvalue weighted by molar-refractivity contribution is -0.387. The Morgan fingerprint density at radius 2 is 0.673 bits per heavy atom. The van der Waals surface area contributed by atoms with E-state index in [0.29, 0.717) is 22.6 Å². The highest BCUT2D eigenvalue weighted by Gasteiger charge is 2.34. The average Bonchev–Trinajstić information content (AvgIpc) is 0.820. The minimum absolute atomic E-state index is 0.133. The number of thioether (sulfide) groups is 2. The van der Waals surface area contributed by atoms with Gasteiger partial charge in [-0.05, 0) is 227 Å². The first-order chi connectivity index (χ1) is 54.6. The van der Waals surface area contributed by atoms with Crippen LogP contribution in [-0.4, -0.2) is 141 Å². The lowest BCUT2D eigenvalue weighted by Crippen LogP contribution is -2.33. The first kappa shape index (κ1) is 88.1. The van der Waals surface area contributed by atoms with E-state index in [-0.39, 0.29) is 67.8 Å². The third-order valence-electron chi connectivity index (χ3n) is 17.9. The van der Waals surface area contributed by atoms with Crippen molar-refractivity contribution in [1.82, 2.24) is 30.9 Å². The van der Waals surface area contributed by atoms with Gasteiger partial charge >= 0.3 is 11.9 Å². The number of nitro groups is 2. The van der Waals surface area contributed by atoms with E-state index in [2.05, 4.69) is 30.9 Å². The number of nitro benzene ring substituents is 2. The zero-order chi connectivity index (χ0) is 80.6. The molecule has 0 aliphatic carbocycles. The molecule has 1 unspecified atom stereocenters. The number of benzene rings is 7. The van der Waals surface area contributed by atoms with Crippen molar-refractivity contribution in [1.29, 1.82) is 0 Å². The fourth-order valence-corrected chi connectivity index (χ4v) is 15.4. The Bertz CT molecular complexity index is 4190. The van der Waals surface area contributed by atoms with Crippen LogP contribution >= 0.6 is 81.5 Å². The lowest BCUT2D eigenvalue weighted by atomic mass is 10.0. The summed E-state index contributed by atoms with van der Waals surface area (Å²) in [5.41, 5.74) is 6.64. The Balaban J connectivity index is 0.000000162. The van der Waals surface area contributed by atoms with Gasteiger partial charge in [0.15, 0.2) is 12.2 Å². The number of methoxy groups -OCH3 is 2. The summed E-state index contributed by atoms with van der Waals surface area (Å²) in [5.74, 6) is -1.74. The molecule has 30 heteroatoms. The standard InChI is InChI=1S/3C17H19ClN2O.2C16H14ClNO6S/c3*18-14-6-4-13(5-7-14)17(16-3-1-2-10-20-16)21-15-8-11-19-12-9-15;2*1-24-11-5-2-9(3-6-11)15(14(19)16(20)21)25-13-8-10(17)4-7-12(13)18(22)23/h3*1-7,10,15,17,19H,8-9,11-12H2;2*2-8,14-15,19H,1H3,(H,20,21)/t2*17-;;2*14-,15+/m00.00/s1. The average molecular weight is 1680 g/mol. The highest BCUT2D eigenvalue weighted by molar-refractivity contribution is 8.00. The van der Waals surface area contributed by atoms with E-state index in [1.54, 1.807) is 48.5 Å². The van der Waals surface area contributed by atoms with E-state index in [0.717, 1.165) is 150 Å². The minimum atomic E-state index is -1.77. The van der Waals surface area contributed by atoms with E-state index < -0.39 is 44.5 Å². The Labute approximate surface area is 688 Å². The summed E-state index contributed by atoms with van der Waals surface area (Å²) in [6.07, 6.45) is 8.55. The maximum Gasteiger partial charge on any atom is 0.334 e. The van der Waals surface area contributed by atoms with E-state index >= 15 is 0 Å². The monoisotopic (exact) mass is 1670 g/mol. The van der Waals surface area contributed by atoms with Crippen molar-refractivity contribution < 1.29 is 63.5 Å². The minimum Gasteiger partial charge on any atom is -0.497 e. The number of aliphatic hydroxyl groups excluding tert-OH is 2. The number of nitrogens with one attached hydrogen (secondary N) is 3. The van der Waals surface area contributed by atoms with Gasteiger partial charge in [0.2, 0.25) is 0 Å². The van der Waals surface area contributed by atoms with Crippen LogP contribution in [0.4, 0.5) is 11.4 Å². The summed E-state index contributed by atoms with van der Waals surface area (Å²) < 4.78 is 29.2. The van der Waals surface area contributed by atoms with Crippen LogP contribution < -0.4 is 25.4 Å². The van der Waals surface area contributed by atoms with Crippen LogP contribution in [0.3, 0.4) is 0 Å². The predicted octanol–water partition coefficient (Wildman–Crippen LogP) is 17.9. The number of aromatic nitrogens is 3. The molecule has 0 amide bonds. The number of pyridine rings is 3. The normalized spacial score (nSPS) is 15.6. The van der Waals surface area contributed by atoms with Crippen LogP contribution in [0, 0.1) is 20.2 Å². The number of nitrogens with zero attached hydrogens (tertiary/aromatic N) is 5. The fourth-order valence-electron chi connectivity index (χ4n) is 12.1. The maximum atomic E-state index is 11.3. The molecule has 3 aromatic heterocycles. The number of piperidine rings is 3. The first-order valence-electron chi connectivity index (χ1n) is 36.0. The van der Waals surface area contributed by atoms with Gasteiger partial charge in [-0.3, -0.25) is 35.2 Å². The first-order valence-corrected chi connectivity index (χ1v) is 39.7. The highest BCUT2D eigenvalue weighted by Crippen LogP contribution is 2.45. The summed E-state index contributed by atoms with van der Waals surface area (Å²) in [6, 6.07) is 62.1. The predicted molar refractivity (Wildman–Crippen MR) is 440 cm³/mol. The summed E-state index contributed by atoms with van der Waals surface area (Å²) in [5, 5.41) is 71.8. The largest absolute Gasteiger partial charge is 0.497 e. The van der Waals surface area contributed by atoms with Crippen LogP contribution in [0.1, 0.15) is 112 Å². The van der Waals surface area contributed by atoms with Crippen molar-refractivity contribution in [3.05, 3.63) is 321 Å². The SMILES string of the molecule is COc1ccc([C@@H](Sc2cc(Cl)ccc2[N+](=O)[O-])[C@H](O)C(=O)O)cc1.COc1ccc([C@@H](Sc2cc(Cl)ccc2[N+](=O)[O-])[C@H](O)C(=O)O)cc1.Clc1ccc(C(OC2CCNCC2)c2ccccn2)cc1.Clc1ccc([C@H](OC2CCNCC2)c2ccccn2)cc1.Clc1ccc([C@H](OC2CCNCC2)c2ccccn2)cc1. The molecule has 7 N–H and O–H groups in total. The molecule has 0 spiro atoms. The van der Waals surface area contributed by atoms with Crippen molar-refractivity contribution >= 4 is 105 Å². The smallest absolute Gasteiger partial charge is 0.334 e. The van der Waals surface area contributed by atoms with Gasteiger partial charge in [0.05, 0.1) is 79.8 Å². The molecular weight excluding hydrogens is 1590 g/mol. The Hall–Kier alpha value is -8.84. The second kappa shape index (κ2) is 45.9. The van der Waals surface area contributed by atoms with Crippen LogP contribution in [0.25, 0.3) is 0 Å². The Kier molecular flexibility index (Phi) is 35.8. The Morgan fingerprint density at radius 3 is 0.912 bits per heavy atom. The number of carboxylic acids is 2. The molecule has 6 heterocycles. The summed E-state index contributed by atoms with van der Waals surface area (Å²) in [6.45, 7) is 6.08. The van der Waals surface area contributed by atoms with E-state index in [1.165, 1.54) is 50.6 Å². The van der Waals surface area contributed by atoms with Crippen LogP contribution in [0.15, 0.2) is 241 Å². The number of aliphatic carboxylic acids is 2. The molecule has 3 fully saturated rings. The number of hydrogen-bond acceptors (Lipinski definition) is 21. The van der Waals surface area contributed by atoms with Gasteiger partial charge in [-0.2, -0.15) is 0 Å². The molecule has 7 aromatic carbocycles. The topological polar surface area (TPSA) is 322 Å². The molecule has 0 radical (unpaired) electrons. The molecule has 3 saturated heterocycles. The Morgan fingerprint density at radius 1 is 0.407 bits per heavy atom. The number of halogens is 5. The lowest BCUT2D eigenvalue weighted by Gasteiger charge is -2.28. The van der Waals surface area contributed by atoms with Gasteiger partial charge in [0, 0.05) is 55.8 Å².